The summed E-state index contributed by atoms with van der Waals surface area (Å²) in [5.74, 6) is 1.78. The Kier molecular flexibility index (Phi) is 4.12. The normalized spacial score (nSPS) is 14.1. The van der Waals surface area contributed by atoms with Crippen molar-refractivity contribution in [2.45, 2.75) is 25.3 Å². The fourth-order valence-corrected chi connectivity index (χ4v) is 2.34. The fourth-order valence-electron chi connectivity index (χ4n) is 2.34. The molecule has 1 aliphatic rings. The van der Waals surface area contributed by atoms with Gasteiger partial charge in [-0.2, -0.15) is 4.98 Å². The van der Waals surface area contributed by atoms with Crippen molar-refractivity contribution in [3.8, 4) is 11.5 Å². The van der Waals surface area contributed by atoms with Crippen LogP contribution in [0.15, 0.2) is 51.5 Å². The lowest BCUT2D eigenvalue weighted by Gasteiger charge is -1.96. The molecule has 2 aromatic heterocycles. The average molecular weight is 336 g/mol. The molecule has 0 radical (unpaired) electrons. The predicted octanol–water partition coefficient (Wildman–Crippen LogP) is 2.93. The predicted molar refractivity (Wildman–Crippen MR) is 89.1 cm³/mol. The third-order valence-electron chi connectivity index (χ3n) is 3.85. The lowest BCUT2D eigenvalue weighted by Crippen LogP contribution is -2.20. The van der Waals surface area contributed by atoms with Crippen LogP contribution in [0.3, 0.4) is 0 Å². The van der Waals surface area contributed by atoms with Crippen LogP contribution >= 0.6 is 0 Å². The molecule has 25 heavy (non-hydrogen) atoms. The van der Waals surface area contributed by atoms with Crippen molar-refractivity contribution in [2.24, 2.45) is 0 Å². The molecule has 7 heteroatoms. The Morgan fingerprint density at radius 1 is 1.20 bits per heavy atom. The maximum atomic E-state index is 11.8. The average Bonchev–Trinajstić information content (AvgIpc) is 3.19. The summed E-state index contributed by atoms with van der Waals surface area (Å²) in [5, 5.41) is 10.5. The van der Waals surface area contributed by atoms with Crippen LogP contribution in [0.5, 0.6) is 0 Å². The van der Waals surface area contributed by atoms with Gasteiger partial charge < -0.3 is 14.4 Å². The molecule has 0 atom stereocenters. The molecule has 1 aliphatic carbocycles. The maximum absolute atomic E-state index is 11.8. The van der Waals surface area contributed by atoms with E-state index in [2.05, 4.69) is 20.6 Å². The molecular weight excluding hydrogens is 320 g/mol. The Morgan fingerprint density at radius 3 is 2.84 bits per heavy atom. The summed E-state index contributed by atoms with van der Waals surface area (Å²) >= 11 is 0. The molecule has 1 N–H and O–H groups in total. The Hall–Kier alpha value is -3.22. The molecule has 0 spiro atoms. The molecule has 1 aromatic carbocycles. The molecule has 0 aliphatic heterocycles. The van der Waals surface area contributed by atoms with Crippen LogP contribution in [0.4, 0.5) is 0 Å². The summed E-state index contributed by atoms with van der Waals surface area (Å²) in [4.78, 5) is 16.1. The molecule has 2 heterocycles. The Labute approximate surface area is 143 Å². The van der Waals surface area contributed by atoms with Crippen molar-refractivity contribution in [1.29, 1.82) is 0 Å². The highest BCUT2D eigenvalue weighted by molar-refractivity contribution is 5.91. The summed E-state index contributed by atoms with van der Waals surface area (Å²) in [6.45, 7) is 0.151. The zero-order valence-corrected chi connectivity index (χ0v) is 13.4. The first-order chi connectivity index (χ1) is 12.3. The smallest absolute Gasteiger partial charge is 0.246 e. The van der Waals surface area contributed by atoms with Crippen LogP contribution in [-0.4, -0.2) is 21.2 Å². The van der Waals surface area contributed by atoms with Gasteiger partial charge in [0.05, 0.1) is 6.54 Å². The van der Waals surface area contributed by atoms with E-state index >= 15 is 0 Å². The first-order valence-corrected chi connectivity index (χ1v) is 8.08. The van der Waals surface area contributed by atoms with Crippen molar-refractivity contribution >= 4 is 12.0 Å². The van der Waals surface area contributed by atoms with Crippen molar-refractivity contribution in [2.75, 3.05) is 0 Å². The van der Waals surface area contributed by atoms with Crippen LogP contribution < -0.4 is 5.32 Å². The zero-order chi connectivity index (χ0) is 17.1. The van der Waals surface area contributed by atoms with E-state index < -0.39 is 0 Å². The van der Waals surface area contributed by atoms with Gasteiger partial charge in [0.25, 0.3) is 0 Å². The van der Waals surface area contributed by atoms with Crippen molar-refractivity contribution in [1.82, 2.24) is 20.6 Å². The molecule has 1 fully saturated rings. The second-order valence-corrected chi connectivity index (χ2v) is 5.86. The summed E-state index contributed by atoms with van der Waals surface area (Å²) in [5.41, 5.74) is 1.50. The fraction of sp³-hybridized carbons (Fsp3) is 0.222. The second-order valence-electron chi connectivity index (χ2n) is 5.86. The third kappa shape index (κ3) is 3.82. The molecular formula is C18H16N4O3. The van der Waals surface area contributed by atoms with Gasteiger partial charge in [0.1, 0.15) is 5.76 Å². The van der Waals surface area contributed by atoms with Gasteiger partial charge in [-0.05, 0) is 24.5 Å². The Balaban J connectivity index is 1.33. The summed E-state index contributed by atoms with van der Waals surface area (Å²) in [6, 6.07) is 11.4. The summed E-state index contributed by atoms with van der Waals surface area (Å²) in [7, 11) is 0. The van der Waals surface area contributed by atoms with Crippen molar-refractivity contribution in [3.63, 3.8) is 0 Å². The van der Waals surface area contributed by atoms with E-state index in [9.17, 15) is 4.79 Å². The first kappa shape index (κ1) is 15.3. The minimum atomic E-state index is -0.235. The lowest BCUT2D eigenvalue weighted by atomic mass is 10.2. The third-order valence-corrected chi connectivity index (χ3v) is 3.85. The summed E-state index contributed by atoms with van der Waals surface area (Å²) in [6.07, 6.45) is 5.47. The minimum absolute atomic E-state index is 0.151. The standard InChI is InChI=1S/C18H16N4O3/c23-16(9-6-12-4-2-1-3-5-12)19-11-17-20-18(22-25-17)14-10-15(24-21-14)13-7-8-13/h1-6,9-10,13H,7-8,11H2,(H,19,23)/b9-6+. The van der Waals surface area contributed by atoms with Gasteiger partial charge in [-0.25, -0.2) is 0 Å². The van der Waals surface area contributed by atoms with Gasteiger partial charge in [0, 0.05) is 18.1 Å². The number of carbonyl (C=O) groups excluding carboxylic acids is 1. The zero-order valence-electron chi connectivity index (χ0n) is 13.4. The van der Waals surface area contributed by atoms with Crippen LogP contribution in [0.25, 0.3) is 17.6 Å². The van der Waals surface area contributed by atoms with Gasteiger partial charge in [-0.3, -0.25) is 4.79 Å². The highest BCUT2D eigenvalue weighted by atomic mass is 16.5. The van der Waals surface area contributed by atoms with Gasteiger partial charge in [0.2, 0.25) is 17.6 Å². The molecule has 0 saturated heterocycles. The highest BCUT2D eigenvalue weighted by Gasteiger charge is 2.28. The maximum Gasteiger partial charge on any atom is 0.246 e. The number of benzene rings is 1. The van der Waals surface area contributed by atoms with Crippen LogP contribution in [0.2, 0.25) is 0 Å². The second kappa shape index (κ2) is 6.72. The number of hydrogen-bond acceptors (Lipinski definition) is 6. The molecule has 3 aromatic rings. The monoisotopic (exact) mass is 336 g/mol. The van der Waals surface area contributed by atoms with E-state index in [1.54, 1.807) is 6.08 Å². The number of hydrogen-bond donors (Lipinski definition) is 1. The van der Waals surface area contributed by atoms with Gasteiger partial charge in [0.15, 0.2) is 5.69 Å². The van der Waals surface area contributed by atoms with E-state index in [0.29, 0.717) is 23.3 Å². The van der Waals surface area contributed by atoms with Crippen LogP contribution in [0.1, 0.15) is 36.0 Å². The number of nitrogens with zero attached hydrogens (tertiary/aromatic N) is 3. The minimum Gasteiger partial charge on any atom is -0.360 e. The van der Waals surface area contributed by atoms with Crippen molar-refractivity contribution < 1.29 is 13.8 Å². The van der Waals surface area contributed by atoms with Crippen LogP contribution in [-0.2, 0) is 11.3 Å². The number of rotatable bonds is 6. The quantitative estimate of drug-likeness (QED) is 0.696. The van der Waals surface area contributed by atoms with E-state index in [1.165, 1.54) is 6.08 Å². The number of carbonyl (C=O) groups is 1. The van der Waals surface area contributed by atoms with E-state index in [4.69, 9.17) is 9.05 Å². The Morgan fingerprint density at radius 2 is 2.04 bits per heavy atom. The molecule has 7 nitrogen and oxygen atoms in total. The molecule has 1 amide bonds. The van der Waals surface area contributed by atoms with E-state index in [1.807, 2.05) is 36.4 Å². The number of nitrogens with one attached hydrogen (secondary N) is 1. The van der Waals surface area contributed by atoms with Crippen molar-refractivity contribution in [3.05, 3.63) is 59.7 Å². The summed E-state index contributed by atoms with van der Waals surface area (Å²) < 4.78 is 10.4. The molecule has 126 valence electrons. The molecule has 0 unspecified atom stereocenters. The first-order valence-electron chi connectivity index (χ1n) is 8.08. The highest BCUT2D eigenvalue weighted by Crippen LogP contribution is 2.40. The topological polar surface area (TPSA) is 94.1 Å². The lowest BCUT2D eigenvalue weighted by molar-refractivity contribution is -0.116. The molecule has 0 bridgehead atoms. The molecule has 1 saturated carbocycles. The van der Waals surface area contributed by atoms with Crippen LogP contribution in [0, 0.1) is 0 Å². The van der Waals surface area contributed by atoms with Gasteiger partial charge >= 0.3 is 0 Å². The number of aromatic nitrogens is 3. The van der Waals surface area contributed by atoms with Gasteiger partial charge in [-0.1, -0.05) is 40.6 Å². The SMILES string of the molecule is O=C(/C=C/c1ccccc1)NCc1nc(-c2cc(C3CC3)on2)no1. The van der Waals surface area contributed by atoms with E-state index in [0.717, 1.165) is 24.2 Å². The van der Waals surface area contributed by atoms with Gasteiger partial charge in [-0.15, -0.1) is 0 Å². The Bertz CT molecular complexity index is 894. The largest absolute Gasteiger partial charge is 0.360 e. The molecule has 4 rings (SSSR count). The number of amides is 1. The van der Waals surface area contributed by atoms with E-state index in [-0.39, 0.29) is 12.5 Å².